The zero-order valence-corrected chi connectivity index (χ0v) is 11.3. The number of benzene rings is 2. The summed E-state index contributed by atoms with van der Waals surface area (Å²) in [5.74, 6) is -2.72. The number of para-hydroxylation sites is 1. The molecule has 1 amide bonds. The van der Waals surface area contributed by atoms with Crippen LogP contribution in [0.4, 0.5) is 5.69 Å². The highest BCUT2D eigenvalue weighted by Gasteiger charge is 2.17. The maximum atomic E-state index is 12.0. The van der Waals surface area contributed by atoms with E-state index in [1.54, 1.807) is 0 Å². The van der Waals surface area contributed by atoms with E-state index < -0.39 is 17.6 Å². The molecule has 108 valence electrons. The lowest BCUT2D eigenvalue weighted by atomic mass is 10.1. The van der Waals surface area contributed by atoms with Crippen molar-refractivity contribution in [3.8, 4) is 11.5 Å². The Morgan fingerprint density at radius 1 is 1.05 bits per heavy atom. The van der Waals surface area contributed by atoms with Crippen molar-refractivity contribution in [3.05, 3.63) is 52.5 Å². The number of rotatable bonds is 3. The van der Waals surface area contributed by atoms with E-state index in [0.717, 1.165) is 12.1 Å². The van der Waals surface area contributed by atoms with Gasteiger partial charge in [0.15, 0.2) is 11.5 Å². The molecule has 2 aromatic rings. The topological polar surface area (TPSA) is 107 Å². The molecule has 0 saturated heterocycles. The van der Waals surface area contributed by atoms with Gasteiger partial charge < -0.3 is 20.6 Å². The summed E-state index contributed by atoms with van der Waals surface area (Å²) in [5, 5.41) is 30.1. The summed E-state index contributed by atoms with van der Waals surface area (Å²) in [4.78, 5) is 23.2. The van der Waals surface area contributed by atoms with Gasteiger partial charge in [0.05, 0.1) is 16.3 Å². The Labute approximate surface area is 124 Å². The average molecular weight is 308 g/mol. The number of carboxylic acids is 1. The van der Waals surface area contributed by atoms with E-state index in [2.05, 4.69) is 5.32 Å². The molecule has 2 aromatic carbocycles. The van der Waals surface area contributed by atoms with Crippen molar-refractivity contribution in [3.63, 3.8) is 0 Å². The summed E-state index contributed by atoms with van der Waals surface area (Å²) in [6.07, 6.45) is 0. The third-order valence-corrected chi connectivity index (χ3v) is 3.04. The Morgan fingerprint density at radius 2 is 1.76 bits per heavy atom. The van der Waals surface area contributed by atoms with Crippen LogP contribution < -0.4 is 5.32 Å². The van der Waals surface area contributed by atoms with E-state index in [1.807, 2.05) is 0 Å². The van der Waals surface area contributed by atoms with Crippen LogP contribution >= 0.6 is 11.6 Å². The highest BCUT2D eigenvalue weighted by atomic mass is 35.5. The molecule has 0 fully saturated rings. The highest BCUT2D eigenvalue weighted by molar-refractivity contribution is 6.34. The van der Waals surface area contributed by atoms with Gasteiger partial charge >= 0.3 is 5.97 Å². The minimum absolute atomic E-state index is 0.0377. The second-order valence-electron chi connectivity index (χ2n) is 4.13. The Morgan fingerprint density at radius 3 is 2.38 bits per heavy atom. The van der Waals surface area contributed by atoms with Gasteiger partial charge in [0.2, 0.25) is 0 Å². The second kappa shape index (κ2) is 5.72. The van der Waals surface area contributed by atoms with Gasteiger partial charge in [-0.05, 0) is 30.3 Å². The minimum Gasteiger partial charge on any atom is -0.504 e. The molecule has 0 aliphatic heterocycles. The SMILES string of the molecule is O=C(Nc1c(Cl)cccc1C(=O)O)c1ccc(O)c(O)c1. The van der Waals surface area contributed by atoms with Crippen molar-refractivity contribution in [1.82, 2.24) is 0 Å². The summed E-state index contributed by atoms with van der Waals surface area (Å²) in [6, 6.07) is 7.68. The number of carbonyl (C=O) groups excluding carboxylic acids is 1. The van der Waals surface area contributed by atoms with Crippen LogP contribution in [-0.4, -0.2) is 27.2 Å². The zero-order chi connectivity index (χ0) is 15.6. The minimum atomic E-state index is -1.23. The monoisotopic (exact) mass is 307 g/mol. The number of halogens is 1. The van der Waals surface area contributed by atoms with Gasteiger partial charge in [-0.15, -0.1) is 0 Å². The van der Waals surface area contributed by atoms with Gasteiger partial charge in [-0.3, -0.25) is 4.79 Å². The lowest BCUT2D eigenvalue weighted by Gasteiger charge is -2.10. The number of hydrogen-bond donors (Lipinski definition) is 4. The normalized spacial score (nSPS) is 10.1. The van der Waals surface area contributed by atoms with E-state index in [-0.39, 0.29) is 27.6 Å². The largest absolute Gasteiger partial charge is 0.504 e. The number of aromatic hydroxyl groups is 2. The molecule has 0 heterocycles. The van der Waals surface area contributed by atoms with E-state index in [0.29, 0.717) is 0 Å². The van der Waals surface area contributed by atoms with E-state index in [9.17, 15) is 19.8 Å². The molecule has 0 atom stereocenters. The standard InChI is InChI=1S/C14H10ClNO5/c15-9-3-1-2-8(14(20)21)12(9)16-13(19)7-4-5-10(17)11(18)6-7/h1-6,17-18H,(H,16,19)(H,20,21). The number of carboxylic acid groups (broad SMARTS) is 1. The van der Waals surface area contributed by atoms with Gasteiger partial charge in [0.1, 0.15) is 0 Å². The fourth-order valence-corrected chi connectivity index (χ4v) is 1.90. The predicted octanol–water partition coefficient (Wildman–Crippen LogP) is 2.70. The molecule has 0 aromatic heterocycles. The van der Waals surface area contributed by atoms with Gasteiger partial charge in [0, 0.05) is 5.56 Å². The van der Waals surface area contributed by atoms with Crippen molar-refractivity contribution in [1.29, 1.82) is 0 Å². The first-order valence-corrected chi connectivity index (χ1v) is 6.13. The van der Waals surface area contributed by atoms with E-state index in [4.69, 9.17) is 16.7 Å². The van der Waals surface area contributed by atoms with Crippen molar-refractivity contribution in [2.45, 2.75) is 0 Å². The van der Waals surface area contributed by atoms with E-state index in [1.165, 1.54) is 24.3 Å². The van der Waals surface area contributed by atoms with Crippen LogP contribution in [-0.2, 0) is 0 Å². The lowest BCUT2D eigenvalue weighted by Crippen LogP contribution is -2.15. The second-order valence-corrected chi connectivity index (χ2v) is 4.53. The number of phenols is 2. The van der Waals surface area contributed by atoms with Crippen molar-refractivity contribution in [2.75, 3.05) is 5.32 Å². The molecule has 7 heteroatoms. The van der Waals surface area contributed by atoms with Gasteiger partial charge in [-0.1, -0.05) is 17.7 Å². The third kappa shape index (κ3) is 3.06. The van der Waals surface area contributed by atoms with Crippen molar-refractivity contribution < 1.29 is 24.9 Å². The highest BCUT2D eigenvalue weighted by Crippen LogP contribution is 2.28. The number of carbonyl (C=O) groups is 2. The number of phenolic OH excluding ortho intramolecular Hbond substituents is 2. The summed E-state index contributed by atoms with van der Waals surface area (Å²) in [5.41, 5.74) is -0.148. The van der Waals surface area contributed by atoms with Crippen LogP contribution in [0, 0.1) is 0 Å². The molecule has 0 aliphatic carbocycles. The average Bonchev–Trinajstić information content (AvgIpc) is 2.43. The fourth-order valence-electron chi connectivity index (χ4n) is 1.68. The molecular weight excluding hydrogens is 298 g/mol. The third-order valence-electron chi connectivity index (χ3n) is 2.72. The number of anilines is 1. The molecule has 6 nitrogen and oxygen atoms in total. The van der Waals surface area contributed by atoms with Crippen LogP contribution in [0.5, 0.6) is 11.5 Å². The maximum absolute atomic E-state index is 12.0. The van der Waals surface area contributed by atoms with Gasteiger partial charge in [0.25, 0.3) is 5.91 Å². The molecule has 0 radical (unpaired) electrons. The van der Waals surface area contributed by atoms with Gasteiger partial charge in [-0.25, -0.2) is 4.79 Å². The summed E-state index contributed by atoms with van der Waals surface area (Å²) in [7, 11) is 0. The fraction of sp³-hybridized carbons (Fsp3) is 0. The Kier molecular flexibility index (Phi) is 4.00. The summed E-state index contributed by atoms with van der Waals surface area (Å²) < 4.78 is 0. The zero-order valence-electron chi connectivity index (χ0n) is 10.5. The van der Waals surface area contributed by atoms with Crippen LogP contribution in [0.1, 0.15) is 20.7 Å². The lowest BCUT2D eigenvalue weighted by molar-refractivity contribution is 0.0698. The number of aromatic carboxylic acids is 1. The molecule has 4 N–H and O–H groups in total. The molecule has 0 saturated carbocycles. The van der Waals surface area contributed by atoms with Crippen LogP contribution in [0.3, 0.4) is 0 Å². The predicted molar refractivity (Wildman–Crippen MR) is 76.1 cm³/mol. The first kappa shape index (κ1) is 14.7. The first-order valence-electron chi connectivity index (χ1n) is 5.75. The van der Waals surface area contributed by atoms with Crippen LogP contribution in [0.2, 0.25) is 5.02 Å². The number of hydrogen-bond acceptors (Lipinski definition) is 4. The first-order chi connectivity index (χ1) is 9.90. The molecular formula is C14H10ClNO5. The molecule has 2 rings (SSSR count). The quantitative estimate of drug-likeness (QED) is 0.652. The smallest absolute Gasteiger partial charge is 0.337 e. The van der Waals surface area contributed by atoms with Gasteiger partial charge in [-0.2, -0.15) is 0 Å². The maximum Gasteiger partial charge on any atom is 0.337 e. The van der Waals surface area contributed by atoms with Crippen LogP contribution in [0.15, 0.2) is 36.4 Å². The van der Waals surface area contributed by atoms with Crippen molar-refractivity contribution >= 4 is 29.2 Å². The molecule has 0 bridgehead atoms. The Bertz CT molecular complexity index is 729. The summed E-state index contributed by atoms with van der Waals surface area (Å²) in [6.45, 7) is 0. The summed E-state index contributed by atoms with van der Waals surface area (Å²) >= 11 is 5.89. The molecule has 0 aliphatic rings. The molecule has 0 spiro atoms. The Hall–Kier alpha value is -2.73. The Balaban J connectivity index is 2.36. The number of amides is 1. The van der Waals surface area contributed by atoms with Crippen LogP contribution in [0.25, 0.3) is 0 Å². The van der Waals surface area contributed by atoms with Crippen molar-refractivity contribution in [2.24, 2.45) is 0 Å². The molecule has 0 unspecified atom stereocenters. The number of nitrogens with one attached hydrogen (secondary N) is 1. The molecule has 21 heavy (non-hydrogen) atoms. The van der Waals surface area contributed by atoms with E-state index >= 15 is 0 Å².